The lowest BCUT2D eigenvalue weighted by Gasteiger charge is -2.21. The van der Waals surface area contributed by atoms with Gasteiger partial charge in [-0.2, -0.15) is 0 Å². The molecule has 0 atom stereocenters. The van der Waals surface area contributed by atoms with Crippen molar-refractivity contribution in [2.24, 2.45) is 0 Å². The second kappa shape index (κ2) is 9.21. The number of amides is 2. The van der Waals surface area contributed by atoms with Crippen molar-refractivity contribution in [2.75, 3.05) is 37.9 Å². The zero-order valence-corrected chi connectivity index (χ0v) is 21.6. The van der Waals surface area contributed by atoms with E-state index in [1.54, 1.807) is 18.5 Å². The second-order valence-electron chi connectivity index (χ2n) is 9.21. The number of likely N-dealkylation sites (N-methyl/N-ethyl adjacent to an activating group) is 1. The van der Waals surface area contributed by atoms with Crippen molar-refractivity contribution in [1.82, 2.24) is 19.6 Å². The minimum atomic E-state index is -3.99. The SMILES string of the molecule is CN1CCc2sc(S(=O)(=O)NC(=O)Nc3c(-c4cnc(N(C)C)nc4)ccc4c3CCC4)cc2C1. The first kappa shape index (κ1) is 23.7. The average Bonchev–Trinajstić information content (AvgIpc) is 3.46. The first-order chi connectivity index (χ1) is 16.7. The van der Waals surface area contributed by atoms with Crippen LogP contribution in [0.3, 0.4) is 0 Å². The highest BCUT2D eigenvalue weighted by atomic mass is 32.2. The predicted octanol–water partition coefficient (Wildman–Crippen LogP) is 3.26. The van der Waals surface area contributed by atoms with Gasteiger partial charge in [0.1, 0.15) is 4.21 Å². The number of nitrogens with one attached hydrogen (secondary N) is 2. The number of urea groups is 1. The molecular formula is C24H28N6O3S2. The van der Waals surface area contributed by atoms with Crippen LogP contribution in [0.15, 0.2) is 34.8 Å². The number of hydrogen-bond acceptors (Lipinski definition) is 8. The fourth-order valence-corrected chi connectivity index (χ4v) is 7.08. The quantitative estimate of drug-likeness (QED) is 0.540. The molecule has 0 radical (unpaired) electrons. The molecule has 5 rings (SSSR count). The van der Waals surface area contributed by atoms with Crippen LogP contribution in [-0.4, -0.2) is 57.0 Å². The van der Waals surface area contributed by atoms with Gasteiger partial charge < -0.3 is 15.1 Å². The third-order valence-electron chi connectivity index (χ3n) is 6.40. The highest BCUT2D eigenvalue weighted by Gasteiger charge is 2.26. The summed E-state index contributed by atoms with van der Waals surface area (Å²) in [5.41, 5.74) is 5.32. The Labute approximate surface area is 209 Å². The van der Waals surface area contributed by atoms with Crippen molar-refractivity contribution < 1.29 is 13.2 Å². The largest absolute Gasteiger partial charge is 0.347 e. The molecule has 184 valence electrons. The molecule has 0 spiro atoms. The number of thiophene rings is 1. The summed E-state index contributed by atoms with van der Waals surface area (Å²) in [6, 6.07) is 4.90. The predicted molar refractivity (Wildman–Crippen MR) is 138 cm³/mol. The lowest BCUT2D eigenvalue weighted by atomic mass is 9.99. The highest BCUT2D eigenvalue weighted by Crippen LogP contribution is 2.37. The summed E-state index contributed by atoms with van der Waals surface area (Å²) in [6.07, 6.45) is 6.96. The van der Waals surface area contributed by atoms with Crippen LogP contribution < -0.4 is 14.9 Å². The number of sulfonamides is 1. The first-order valence-electron chi connectivity index (χ1n) is 11.5. The first-order valence-corrected chi connectivity index (χ1v) is 13.8. The van der Waals surface area contributed by atoms with E-state index >= 15 is 0 Å². The van der Waals surface area contributed by atoms with Gasteiger partial charge in [-0.05, 0) is 55.5 Å². The summed E-state index contributed by atoms with van der Waals surface area (Å²) in [6.45, 7) is 1.60. The molecule has 3 heterocycles. The maximum atomic E-state index is 13.0. The van der Waals surface area contributed by atoms with Crippen LogP contribution in [0.2, 0.25) is 0 Å². The Balaban J connectivity index is 1.41. The normalized spacial score (nSPS) is 15.4. The number of nitrogens with zero attached hydrogens (tertiary/aromatic N) is 4. The van der Waals surface area contributed by atoms with E-state index in [4.69, 9.17) is 0 Å². The maximum absolute atomic E-state index is 13.0. The van der Waals surface area contributed by atoms with Crippen molar-refractivity contribution in [3.05, 3.63) is 52.2 Å². The summed E-state index contributed by atoms with van der Waals surface area (Å²) in [5, 5.41) is 2.84. The number of carbonyl (C=O) groups is 1. The Morgan fingerprint density at radius 1 is 1.11 bits per heavy atom. The Hall–Kier alpha value is -3.02. The van der Waals surface area contributed by atoms with E-state index in [9.17, 15) is 13.2 Å². The van der Waals surface area contributed by atoms with Crippen LogP contribution in [0.5, 0.6) is 0 Å². The molecule has 2 N–H and O–H groups in total. The minimum absolute atomic E-state index is 0.166. The standard InChI is InChI=1S/C24H28N6O3S2/c1-29(2)23-25-12-17(13-26-23)19-8-7-15-5-4-6-18(15)22(19)27-24(31)28-35(32,33)21-11-16-14-30(3)10-9-20(16)34-21/h7-8,11-13H,4-6,9-10,14H2,1-3H3,(H2,27,28,31). The zero-order chi connectivity index (χ0) is 24.7. The van der Waals surface area contributed by atoms with Crippen molar-refractivity contribution in [3.8, 4) is 11.1 Å². The Bertz CT molecular complexity index is 1380. The average molecular weight is 513 g/mol. The lowest BCUT2D eigenvalue weighted by Crippen LogP contribution is -2.34. The van der Waals surface area contributed by atoms with Gasteiger partial charge in [0, 0.05) is 55.6 Å². The summed E-state index contributed by atoms with van der Waals surface area (Å²) < 4.78 is 28.4. The number of hydrogen-bond donors (Lipinski definition) is 2. The summed E-state index contributed by atoms with van der Waals surface area (Å²) >= 11 is 1.24. The fourth-order valence-electron chi connectivity index (χ4n) is 4.63. The molecule has 2 aromatic heterocycles. The van der Waals surface area contributed by atoms with Gasteiger partial charge in [-0.15, -0.1) is 11.3 Å². The number of carbonyl (C=O) groups excluding carboxylic acids is 1. The Kier molecular flexibility index (Phi) is 6.24. The summed E-state index contributed by atoms with van der Waals surface area (Å²) in [4.78, 5) is 26.8. The molecule has 11 heteroatoms. The van der Waals surface area contributed by atoms with Crippen molar-refractivity contribution in [3.63, 3.8) is 0 Å². The van der Waals surface area contributed by atoms with Crippen LogP contribution in [0.4, 0.5) is 16.4 Å². The Morgan fingerprint density at radius 2 is 1.89 bits per heavy atom. The van der Waals surface area contributed by atoms with E-state index in [1.807, 2.05) is 32.1 Å². The number of aryl methyl sites for hydroxylation is 1. The molecule has 1 aliphatic heterocycles. The van der Waals surface area contributed by atoms with Crippen molar-refractivity contribution in [1.29, 1.82) is 0 Å². The van der Waals surface area contributed by atoms with Crippen molar-refractivity contribution in [2.45, 2.75) is 36.4 Å². The van der Waals surface area contributed by atoms with Gasteiger partial charge >= 0.3 is 6.03 Å². The van der Waals surface area contributed by atoms with E-state index < -0.39 is 16.1 Å². The molecule has 35 heavy (non-hydrogen) atoms. The van der Waals surface area contributed by atoms with Gasteiger partial charge in [-0.3, -0.25) is 0 Å². The molecule has 0 fully saturated rings. The van der Waals surface area contributed by atoms with Crippen LogP contribution in [-0.2, 0) is 35.8 Å². The molecular weight excluding hydrogens is 484 g/mol. The van der Waals surface area contributed by atoms with E-state index in [-0.39, 0.29) is 4.21 Å². The molecule has 2 amide bonds. The molecule has 0 saturated heterocycles. The van der Waals surface area contributed by atoms with Gasteiger partial charge in [0.25, 0.3) is 10.0 Å². The lowest BCUT2D eigenvalue weighted by molar-refractivity contribution is 0.256. The van der Waals surface area contributed by atoms with Gasteiger partial charge in [0.15, 0.2) is 0 Å². The number of anilines is 2. The van der Waals surface area contributed by atoms with E-state index in [0.29, 0.717) is 18.2 Å². The van der Waals surface area contributed by atoms with Gasteiger partial charge in [0.05, 0.1) is 5.69 Å². The molecule has 0 unspecified atom stereocenters. The van der Waals surface area contributed by atoms with Crippen LogP contribution in [0.1, 0.15) is 28.0 Å². The maximum Gasteiger partial charge on any atom is 0.333 e. The summed E-state index contributed by atoms with van der Waals surface area (Å²) in [5.74, 6) is 0.582. The van der Waals surface area contributed by atoms with E-state index in [1.165, 1.54) is 11.3 Å². The Morgan fingerprint density at radius 3 is 2.63 bits per heavy atom. The molecule has 1 aromatic carbocycles. The fraction of sp³-hybridized carbons (Fsp3) is 0.375. The zero-order valence-electron chi connectivity index (χ0n) is 20.0. The number of rotatable bonds is 5. The van der Waals surface area contributed by atoms with Crippen LogP contribution >= 0.6 is 11.3 Å². The summed E-state index contributed by atoms with van der Waals surface area (Å²) in [7, 11) is 1.75. The van der Waals surface area contributed by atoms with Gasteiger partial charge in [-0.25, -0.2) is 27.9 Å². The minimum Gasteiger partial charge on any atom is -0.347 e. The van der Waals surface area contributed by atoms with E-state index in [2.05, 4.69) is 31.0 Å². The van der Waals surface area contributed by atoms with E-state index in [0.717, 1.165) is 64.9 Å². The second-order valence-corrected chi connectivity index (χ2v) is 12.3. The van der Waals surface area contributed by atoms with Gasteiger partial charge in [0.2, 0.25) is 5.95 Å². The molecule has 0 bridgehead atoms. The molecule has 0 saturated carbocycles. The van der Waals surface area contributed by atoms with Gasteiger partial charge in [-0.1, -0.05) is 12.1 Å². The topological polar surface area (TPSA) is 108 Å². The smallest absolute Gasteiger partial charge is 0.333 e. The molecule has 3 aromatic rings. The van der Waals surface area contributed by atoms with Crippen LogP contribution in [0, 0.1) is 0 Å². The number of benzene rings is 1. The molecule has 1 aliphatic carbocycles. The third kappa shape index (κ3) is 4.75. The highest BCUT2D eigenvalue weighted by molar-refractivity contribution is 7.92. The molecule has 2 aliphatic rings. The number of fused-ring (bicyclic) bond motifs is 2. The van der Waals surface area contributed by atoms with Crippen LogP contribution in [0.25, 0.3) is 11.1 Å². The third-order valence-corrected chi connectivity index (χ3v) is 9.44. The van der Waals surface area contributed by atoms with Crippen molar-refractivity contribution >= 4 is 39.0 Å². The molecule has 9 nitrogen and oxygen atoms in total. The monoisotopic (exact) mass is 512 g/mol. The number of aromatic nitrogens is 2.